The average Bonchev–Trinajstić information content (AvgIpc) is 2.71. The molecule has 0 aliphatic rings. The summed E-state index contributed by atoms with van der Waals surface area (Å²) in [6.07, 6.45) is 1.03. The molecule has 0 aliphatic heterocycles. The van der Waals surface area contributed by atoms with E-state index in [1.54, 1.807) is 6.07 Å². The van der Waals surface area contributed by atoms with Gasteiger partial charge in [0.1, 0.15) is 5.82 Å². The van der Waals surface area contributed by atoms with Gasteiger partial charge in [0.25, 0.3) is 5.91 Å². The molecule has 0 saturated heterocycles. The Kier molecular flexibility index (Phi) is 4.15. The largest absolute Gasteiger partial charge is 0.319 e. The normalized spacial score (nSPS) is 11.4. The highest BCUT2D eigenvalue weighted by Gasteiger charge is 2.15. The molecule has 112 valence electrons. The van der Waals surface area contributed by atoms with Crippen molar-refractivity contribution in [3.63, 3.8) is 0 Å². The quantitative estimate of drug-likeness (QED) is 0.881. The molecule has 1 heterocycles. The Morgan fingerprint density at radius 1 is 1.24 bits per heavy atom. The van der Waals surface area contributed by atoms with Crippen LogP contribution in [0.2, 0.25) is 0 Å². The van der Waals surface area contributed by atoms with Crippen LogP contribution in [0.15, 0.2) is 29.2 Å². The van der Waals surface area contributed by atoms with Crippen LogP contribution < -0.4 is 5.32 Å². The van der Waals surface area contributed by atoms with Gasteiger partial charge >= 0.3 is 0 Å². The molecular weight excluding hydrogens is 313 g/mol. The Hall–Kier alpha value is -1.73. The summed E-state index contributed by atoms with van der Waals surface area (Å²) >= 11 is 1.30. The Bertz CT molecular complexity index is 790. The molecular formula is C14H14FNO3S2. The summed E-state index contributed by atoms with van der Waals surface area (Å²) in [5, 5.41) is 2.41. The molecule has 0 unspecified atom stereocenters. The van der Waals surface area contributed by atoms with E-state index in [1.807, 2.05) is 13.8 Å². The zero-order valence-electron chi connectivity index (χ0n) is 11.7. The lowest BCUT2D eigenvalue weighted by atomic mass is 10.2. The molecule has 0 atom stereocenters. The van der Waals surface area contributed by atoms with E-state index in [1.165, 1.54) is 17.4 Å². The number of carbonyl (C=O) groups is 1. The molecule has 0 bridgehead atoms. The maximum absolute atomic E-state index is 13.7. The van der Waals surface area contributed by atoms with Crippen molar-refractivity contribution in [2.24, 2.45) is 0 Å². The number of anilines is 1. The molecule has 2 rings (SSSR count). The second-order valence-corrected chi connectivity index (χ2v) is 7.99. The first-order chi connectivity index (χ1) is 9.68. The van der Waals surface area contributed by atoms with Crippen LogP contribution in [0.3, 0.4) is 0 Å². The highest BCUT2D eigenvalue weighted by molar-refractivity contribution is 7.90. The zero-order valence-corrected chi connectivity index (χ0v) is 13.4. The fourth-order valence-electron chi connectivity index (χ4n) is 1.70. The van der Waals surface area contributed by atoms with E-state index in [2.05, 4.69) is 5.32 Å². The summed E-state index contributed by atoms with van der Waals surface area (Å²) in [6.45, 7) is 3.77. The first-order valence-corrected chi connectivity index (χ1v) is 8.77. The maximum atomic E-state index is 13.7. The average molecular weight is 327 g/mol. The molecule has 7 heteroatoms. The summed E-state index contributed by atoms with van der Waals surface area (Å²) in [5.74, 6) is -1.14. The van der Waals surface area contributed by atoms with Crippen molar-refractivity contribution in [2.75, 3.05) is 11.6 Å². The molecule has 1 N–H and O–H groups in total. The molecule has 0 spiro atoms. The molecule has 1 aromatic carbocycles. The Morgan fingerprint density at radius 2 is 1.90 bits per heavy atom. The van der Waals surface area contributed by atoms with Crippen LogP contribution in [0.25, 0.3) is 0 Å². The smallest absolute Gasteiger partial charge is 0.265 e. The first-order valence-electron chi connectivity index (χ1n) is 6.06. The summed E-state index contributed by atoms with van der Waals surface area (Å²) in [4.78, 5) is 13.5. The predicted molar refractivity (Wildman–Crippen MR) is 81.3 cm³/mol. The van der Waals surface area contributed by atoms with Crippen LogP contribution in [0.5, 0.6) is 0 Å². The Labute approximate surface area is 126 Å². The van der Waals surface area contributed by atoms with Crippen LogP contribution in [-0.2, 0) is 9.84 Å². The monoisotopic (exact) mass is 327 g/mol. The van der Waals surface area contributed by atoms with Gasteiger partial charge in [-0.2, -0.15) is 0 Å². The number of halogens is 1. The third-order valence-corrected chi connectivity index (χ3v) is 5.27. The van der Waals surface area contributed by atoms with Crippen molar-refractivity contribution in [1.82, 2.24) is 0 Å². The molecule has 0 aliphatic carbocycles. The minimum Gasteiger partial charge on any atom is -0.319 e. The standard InChI is InChI=1S/C14H14FNO3S2/c1-8-6-13(20-9(8)2)14(17)16-12-7-10(21(3,18)19)4-5-11(12)15/h4-7H,1-3H3,(H,16,17). The second kappa shape index (κ2) is 5.57. The number of carbonyl (C=O) groups excluding carboxylic acids is 1. The fraction of sp³-hybridized carbons (Fsp3) is 0.214. The van der Waals surface area contributed by atoms with E-state index < -0.39 is 21.6 Å². The number of hydrogen-bond acceptors (Lipinski definition) is 4. The van der Waals surface area contributed by atoms with E-state index in [0.717, 1.165) is 28.8 Å². The van der Waals surface area contributed by atoms with Crippen molar-refractivity contribution in [1.29, 1.82) is 0 Å². The van der Waals surface area contributed by atoms with E-state index in [0.29, 0.717) is 4.88 Å². The topological polar surface area (TPSA) is 63.2 Å². The number of thiophene rings is 1. The lowest BCUT2D eigenvalue weighted by molar-refractivity contribution is 0.103. The fourth-order valence-corrected chi connectivity index (χ4v) is 3.28. The second-order valence-electron chi connectivity index (χ2n) is 4.72. The number of sulfone groups is 1. The molecule has 21 heavy (non-hydrogen) atoms. The van der Waals surface area contributed by atoms with Crippen LogP contribution in [0.4, 0.5) is 10.1 Å². The van der Waals surface area contributed by atoms with Gasteiger partial charge in [-0.3, -0.25) is 4.79 Å². The minimum atomic E-state index is -3.46. The number of nitrogens with one attached hydrogen (secondary N) is 1. The van der Waals surface area contributed by atoms with Gasteiger partial charge in [0.05, 0.1) is 15.5 Å². The molecule has 0 saturated carbocycles. The van der Waals surface area contributed by atoms with Gasteiger partial charge in [0.15, 0.2) is 9.84 Å². The molecule has 1 amide bonds. The van der Waals surface area contributed by atoms with Crippen LogP contribution in [0, 0.1) is 19.7 Å². The van der Waals surface area contributed by atoms with Crippen molar-refractivity contribution in [3.05, 3.63) is 45.4 Å². The lowest BCUT2D eigenvalue weighted by Gasteiger charge is -2.07. The van der Waals surface area contributed by atoms with E-state index in [4.69, 9.17) is 0 Å². The van der Waals surface area contributed by atoms with Crippen molar-refractivity contribution >= 4 is 32.8 Å². The van der Waals surface area contributed by atoms with Crippen LogP contribution in [-0.4, -0.2) is 20.6 Å². The van der Waals surface area contributed by atoms with Crippen molar-refractivity contribution in [2.45, 2.75) is 18.7 Å². The molecule has 2 aromatic rings. The molecule has 0 fully saturated rings. The van der Waals surface area contributed by atoms with Crippen molar-refractivity contribution < 1.29 is 17.6 Å². The van der Waals surface area contributed by atoms with Crippen LogP contribution in [0.1, 0.15) is 20.1 Å². The third-order valence-electron chi connectivity index (χ3n) is 3.00. The van der Waals surface area contributed by atoms with Gasteiger partial charge in [0, 0.05) is 11.1 Å². The van der Waals surface area contributed by atoms with Gasteiger partial charge in [-0.15, -0.1) is 11.3 Å². The maximum Gasteiger partial charge on any atom is 0.265 e. The Morgan fingerprint density at radius 3 is 2.43 bits per heavy atom. The predicted octanol–water partition coefficient (Wildman–Crippen LogP) is 3.16. The van der Waals surface area contributed by atoms with Gasteiger partial charge in [0.2, 0.25) is 0 Å². The van der Waals surface area contributed by atoms with Crippen LogP contribution >= 0.6 is 11.3 Å². The Balaban J connectivity index is 2.33. The van der Waals surface area contributed by atoms with Gasteiger partial charge in [-0.1, -0.05) is 0 Å². The summed E-state index contributed by atoms with van der Waals surface area (Å²) in [7, 11) is -3.46. The van der Waals surface area contributed by atoms with E-state index in [-0.39, 0.29) is 10.6 Å². The lowest BCUT2D eigenvalue weighted by Crippen LogP contribution is -2.12. The van der Waals surface area contributed by atoms with Gasteiger partial charge < -0.3 is 5.32 Å². The third kappa shape index (κ3) is 3.48. The SMILES string of the molecule is Cc1cc(C(=O)Nc2cc(S(C)(=O)=O)ccc2F)sc1C. The number of rotatable bonds is 3. The number of benzene rings is 1. The van der Waals surface area contributed by atoms with Gasteiger partial charge in [-0.05, 0) is 43.7 Å². The van der Waals surface area contributed by atoms with E-state index in [9.17, 15) is 17.6 Å². The number of hydrogen-bond donors (Lipinski definition) is 1. The molecule has 1 aromatic heterocycles. The number of amides is 1. The van der Waals surface area contributed by atoms with E-state index >= 15 is 0 Å². The highest BCUT2D eigenvalue weighted by Crippen LogP contribution is 2.24. The summed E-state index contributed by atoms with van der Waals surface area (Å²) in [5.41, 5.74) is 0.835. The number of aryl methyl sites for hydroxylation is 2. The summed E-state index contributed by atoms with van der Waals surface area (Å²) < 4.78 is 36.6. The summed E-state index contributed by atoms with van der Waals surface area (Å²) in [6, 6.07) is 5.03. The molecule has 0 radical (unpaired) electrons. The molecule has 4 nitrogen and oxygen atoms in total. The first kappa shape index (κ1) is 15.7. The minimum absolute atomic E-state index is 0.0438. The highest BCUT2D eigenvalue weighted by atomic mass is 32.2. The van der Waals surface area contributed by atoms with Gasteiger partial charge in [-0.25, -0.2) is 12.8 Å². The van der Waals surface area contributed by atoms with Crippen molar-refractivity contribution in [3.8, 4) is 0 Å². The zero-order chi connectivity index (χ0) is 15.8.